The molecule has 0 bridgehead atoms. The summed E-state index contributed by atoms with van der Waals surface area (Å²) in [6.45, 7) is 3.67. The van der Waals surface area contributed by atoms with Crippen molar-refractivity contribution in [2.45, 2.75) is 32.7 Å². The van der Waals surface area contributed by atoms with Gasteiger partial charge in [-0.3, -0.25) is 14.5 Å². The first-order valence-corrected chi connectivity index (χ1v) is 9.86. The van der Waals surface area contributed by atoms with Gasteiger partial charge < -0.3 is 15.2 Å². The molecule has 1 aliphatic rings. The van der Waals surface area contributed by atoms with E-state index in [-0.39, 0.29) is 24.8 Å². The molecule has 0 aliphatic carbocycles. The molecule has 2 amide bonds. The van der Waals surface area contributed by atoms with Gasteiger partial charge in [0.25, 0.3) is 5.91 Å². The van der Waals surface area contributed by atoms with E-state index < -0.39 is 17.9 Å². The van der Waals surface area contributed by atoms with E-state index in [4.69, 9.17) is 12.2 Å². The minimum Gasteiger partial charge on any atom is -0.548 e. The van der Waals surface area contributed by atoms with E-state index in [0.29, 0.717) is 15.6 Å². The van der Waals surface area contributed by atoms with E-state index in [1.807, 2.05) is 37.3 Å². The van der Waals surface area contributed by atoms with Crippen molar-refractivity contribution in [2.75, 3.05) is 6.54 Å². The van der Waals surface area contributed by atoms with E-state index >= 15 is 0 Å². The summed E-state index contributed by atoms with van der Waals surface area (Å²) in [7, 11) is 0. The zero-order valence-electron chi connectivity index (χ0n) is 15.1. The average Bonchev–Trinajstić information content (AvgIpc) is 2.91. The van der Waals surface area contributed by atoms with Crippen molar-refractivity contribution in [3.8, 4) is 0 Å². The van der Waals surface area contributed by atoms with Crippen molar-refractivity contribution >= 4 is 52.2 Å². The van der Waals surface area contributed by atoms with Crippen molar-refractivity contribution in [2.24, 2.45) is 5.92 Å². The highest BCUT2D eigenvalue weighted by molar-refractivity contribution is 8.26. The maximum absolute atomic E-state index is 12.5. The van der Waals surface area contributed by atoms with Gasteiger partial charge in [-0.25, -0.2) is 0 Å². The number of amides is 2. The van der Waals surface area contributed by atoms with Gasteiger partial charge in [0, 0.05) is 13.0 Å². The lowest BCUT2D eigenvalue weighted by Crippen LogP contribution is -2.51. The lowest BCUT2D eigenvalue weighted by molar-refractivity contribution is -0.309. The highest BCUT2D eigenvalue weighted by Crippen LogP contribution is 2.32. The monoisotopic (exact) mass is 405 g/mol. The zero-order valence-corrected chi connectivity index (χ0v) is 16.8. The number of rotatable bonds is 8. The first-order chi connectivity index (χ1) is 12.8. The van der Waals surface area contributed by atoms with Crippen LogP contribution in [0.25, 0.3) is 6.08 Å². The second kappa shape index (κ2) is 9.66. The van der Waals surface area contributed by atoms with Crippen LogP contribution in [-0.4, -0.2) is 39.6 Å². The van der Waals surface area contributed by atoms with Crippen molar-refractivity contribution in [1.29, 1.82) is 0 Å². The fraction of sp³-hybridized carbons (Fsp3) is 0.368. The Morgan fingerprint density at radius 2 is 2.00 bits per heavy atom. The summed E-state index contributed by atoms with van der Waals surface area (Å²) in [5, 5.41) is 13.7. The molecule has 1 fully saturated rings. The molecule has 6 nitrogen and oxygen atoms in total. The highest BCUT2D eigenvalue weighted by atomic mass is 32.2. The SMILES string of the molecule is CC[C@H](C)[C@H](NC(=O)CCN1C(=O)/C(=C\c2ccccc2)SC1=S)C(=O)[O-]. The molecule has 0 saturated carbocycles. The standard InChI is InChI=1S/C19H22N2O4S2/c1-3-12(2)16(18(24)25)20-15(22)9-10-21-17(23)14(27-19(21)26)11-13-7-5-4-6-8-13/h4-8,11-12,16H,3,9-10H2,1-2H3,(H,20,22)(H,24,25)/p-1/b14-11+/t12-,16-/m0/s1. The van der Waals surface area contributed by atoms with Crippen molar-refractivity contribution in [3.05, 3.63) is 40.8 Å². The molecule has 2 rings (SSSR count). The third-order valence-corrected chi connectivity index (χ3v) is 5.69. The van der Waals surface area contributed by atoms with Crippen LogP contribution in [0, 0.1) is 5.92 Å². The summed E-state index contributed by atoms with van der Waals surface area (Å²) in [6, 6.07) is 8.36. The number of thiocarbonyl (C=S) groups is 1. The number of nitrogens with zero attached hydrogens (tertiary/aromatic N) is 1. The normalized spacial score (nSPS) is 17.9. The molecular formula is C19H21N2O4S2-. The number of carbonyl (C=O) groups is 3. The summed E-state index contributed by atoms with van der Waals surface area (Å²) < 4.78 is 0.383. The van der Waals surface area contributed by atoms with E-state index in [2.05, 4.69) is 5.32 Å². The van der Waals surface area contributed by atoms with Gasteiger partial charge in [0.1, 0.15) is 4.32 Å². The van der Waals surface area contributed by atoms with Crippen LogP contribution in [0.5, 0.6) is 0 Å². The van der Waals surface area contributed by atoms with Crippen molar-refractivity contribution in [3.63, 3.8) is 0 Å². The molecule has 1 aromatic carbocycles. The van der Waals surface area contributed by atoms with Gasteiger partial charge in [0.15, 0.2) is 0 Å². The quantitative estimate of drug-likeness (QED) is 0.521. The third-order valence-electron chi connectivity index (χ3n) is 4.32. The molecule has 2 atom stereocenters. The number of hydrogen-bond acceptors (Lipinski definition) is 6. The number of carboxylic acid groups (broad SMARTS) is 1. The largest absolute Gasteiger partial charge is 0.548 e. The number of thioether (sulfide) groups is 1. The molecule has 8 heteroatoms. The fourth-order valence-corrected chi connectivity index (χ4v) is 3.83. The fourth-order valence-electron chi connectivity index (χ4n) is 2.52. The van der Waals surface area contributed by atoms with Gasteiger partial charge in [0.2, 0.25) is 5.91 Å². The molecule has 0 unspecified atom stereocenters. The van der Waals surface area contributed by atoms with Crippen LogP contribution in [-0.2, 0) is 14.4 Å². The van der Waals surface area contributed by atoms with E-state index in [1.165, 1.54) is 16.7 Å². The Balaban J connectivity index is 1.96. The topological polar surface area (TPSA) is 89.5 Å². The molecular weight excluding hydrogens is 384 g/mol. The third kappa shape index (κ3) is 5.64. The molecule has 27 heavy (non-hydrogen) atoms. The molecule has 1 aliphatic heterocycles. The first kappa shape index (κ1) is 21.1. The summed E-state index contributed by atoms with van der Waals surface area (Å²) in [4.78, 5) is 37.7. The Morgan fingerprint density at radius 1 is 1.33 bits per heavy atom. The van der Waals surface area contributed by atoms with Crippen LogP contribution in [0.15, 0.2) is 35.2 Å². The Bertz CT molecular complexity index is 764. The van der Waals surface area contributed by atoms with Crippen LogP contribution >= 0.6 is 24.0 Å². The van der Waals surface area contributed by atoms with Crippen LogP contribution in [0.2, 0.25) is 0 Å². The van der Waals surface area contributed by atoms with Gasteiger partial charge in [0.05, 0.1) is 16.9 Å². The Kier molecular flexibility index (Phi) is 7.55. The minimum absolute atomic E-state index is 0.0364. The van der Waals surface area contributed by atoms with Gasteiger partial charge in [-0.05, 0) is 17.6 Å². The van der Waals surface area contributed by atoms with Gasteiger partial charge in [-0.2, -0.15) is 0 Å². The Hall–Kier alpha value is -2.19. The molecule has 0 spiro atoms. The van der Waals surface area contributed by atoms with Crippen LogP contribution in [0.4, 0.5) is 0 Å². The van der Waals surface area contributed by atoms with Crippen molar-refractivity contribution in [1.82, 2.24) is 10.2 Å². The summed E-state index contributed by atoms with van der Waals surface area (Å²) in [5.41, 5.74) is 0.890. The van der Waals surface area contributed by atoms with Crippen LogP contribution in [0.3, 0.4) is 0 Å². The molecule has 0 radical (unpaired) electrons. The lowest BCUT2D eigenvalue weighted by atomic mass is 9.99. The number of aliphatic carboxylic acids is 1. The molecule has 1 N–H and O–H groups in total. The van der Waals surface area contributed by atoms with Crippen LogP contribution < -0.4 is 10.4 Å². The maximum atomic E-state index is 12.5. The highest BCUT2D eigenvalue weighted by Gasteiger charge is 2.32. The zero-order chi connectivity index (χ0) is 20.0. The van der Waals surface area contributed by atoms with Crippen molar-refractivity contribution < 1.29 is 19.5 Å². The molecule has 144 valence electrons. The van der Waals surface area contributed by atoms with E-state index in [0.717, 1.165) is 5.56 Å². The molecule has 1 heterocycles. The number of carbonyl (C=O) groups excluding carboxylic acids is 3. The Labute approximate surface area is 168 Å². The summed E-state index contributed by atoms with van der Waals surface area (Å²) >= 11 is 6.43. The average molecular weight is 406 g/mol. The second-order valence-corrected chi connectivity index (χ2v) is 7.92. The van der Waals surface area contributed by atoms with Crippen LogP contribution in [0.1, 0.15) is 32.3 Å². The minimum atomic E-state index is -1.31. The predicted molar refractivity (Wildman–Crippen MR) is 107 cm³/mol. The van der Waals surface area contributed by atoms with Gasteiger partial charge >= 0.3 is 0 Å². The maximum Gasteiger partial charge on any atom is 0.266 e. The first-order valence-electron chi connectivity index (χ1n) is 8.64. The molecule has 1 aromatic rings. The number of nitrogens with one attached hydrogen (secondary N) is 1. The van der Waals surface area contributed by atoms with E-state index in [1.54, 1.807) is 13.0 Å². The van der Waals surface area contributed by atoms with E-state index in [9.17, 15) is 19.5 Å². The Morgan fingerprint density at radius 3 is 2.59 bits per heavy atom. The molecule has 1 saturated heterocycles. The number of carboxylic acids is 1. The number of benzene rings is 1. The smallest absolute Gasteiger partial charge is 0.266 e. The molecule has 0 aromatic heterocycles. The van der Waals surface area contributed by atoms with Gasteiger partial charge in [-0.1, -0.05) is 74.6 Å². The van der Waals surface area contributed by atoms with Gasteiger partial charge in [-0.15, -0.1) is 0 Å². The summed E-state index contributed by atoms with van der Waals surface area (Å²) in [5.74, 6) is -2.26. The number of hydrogen-bond donors (Lipinski definition) is 1. The second-order valence-electron chi connectivity index (χ2n) is 6.24. The lowest BCUT2D eigenvalue weighted by Gasteiger charge is -2.25. The summed E-state index contributed by atoms with van der Waals surface area (Å²) in [6.07, 6.45) is 2.32. The predicted octanol–water partition coefficient (Wildman–Crippen LogP) is 1.56.